The zero-order valence-corrected chi connectivity index (χ0v) is 21.0. The third-order valence-electron chi connectivity index (χ3n) is 7.50. The Kier molecular flexibility index (Phi) is 6.21. The Morgan fingerprint density at radius 1 is 1.03 bits per heavy atom. The van der Waals surface area contributed by atoms with E-state index in [0.29, 0.717) is 28.5 Å². The van der Waals surface area contributed by atoms with E-state index in [2.05, 4.69) is 15.5 Å². The maximum Gasteiger partial charge on any atom is 0.260 e. The van der Waals surface area contributed by atoms with Gasteiger partial charge in [-0.2, -0.15) is 0 Å². The summed E-state index contributed by atoms with van der Waals surface area (Å²) in [5.74, 6) is 1.37. The zero-order chi connectivity index (χ0) is 25.4. The van der Waals surface area contributed by atoms with Crippen molar-refractivity contribution in [2.75, 3.05) is 38.5 Å². The molecule has 2 fully saturated rings. The van der Waals surface area contributed by atoms with Crippen LogP contribution in [0.25, 0.3) is 0 Å². The number of hydrogen-bond donors (Lipinski definition) is 2. The second-order valence-corrected chi connectivity index (χ2v) is 9.84. The molecule has 0 radical (unpaired) electrons. The average molecular weight is 498 g/mol. The van der Waals surface area contributed by atoms with E-state index in [0.717, 1.165) is 63.4 Å². The first kappa shape index (κ1) is 23.4. The van der Waals surface area contributed by atoms with Crippen molar-refractivity contribution in [3.05, 3.63) is 71.6 Å². The number of amides is 2. The normalized spacial score (nSPS) is 20.0. The Bertz CT molecular complexity index is 1300. The van der Waals surface area contributed by atoms with Crippen LogP contribution < -0.4 is 10.6 Å². The summed E-state index contributed by atoms with van der Waals surface area (Å²) >= 11 is 0. The van der Waals surface area contributed by atoms with Crippen molar-refractivity contribution in [1.82, 2.24) is 20.0 Å². The van der Waals surface area contributed by atoms with E-state index in [1.807, 2.05) is 53.4 Å². The molecule has 0 atom stereocenters. The largest absolute Gasteiger partial charge is 0.336 e. The van der Waals surface area contributed by atoms with Crippen molar-refractivity contribution in [3.63, 3.8) is 0 Å². The summed E-state index contributed by atoms with van der Waals surface area (Å²) in [6.45, 7) is 3.10. The smallest absolute Gasteiger partial charge is 0.260 e. The van der Waals surface area contributed by atoms with Gasteiger partial charge in [0.2, 0.25) is 5.96 Å². The Hall–Kier alpha value is -3.98. The van der Waals surface area contributed by atoms with Crippen molar-refractivity contribution < 1.29 is 9.59 Å². The summed E-state index contributed by atoms with van der Waals surface area (Å²) < 4.78 is 0. The number of fused-ring (bicyclic) bond motifs is 2. The van der Waals surface area contributed by atoms with E-state index in [1.54, 1.807) is 18.1 Å². The molecule has 0 aromatic heterocycles. The number of carbonyl (C=O) groups is 2. The lowest BCUT2D eigenvalue weighted by molar-refractivity contribution is 0.0735. The Morgan fingerprint density at radius 2 is 1.76 bits per heavy atom. The second kappa shape index (κ2) is 9.82. The van der Waals surface area contributed by atoms with Crippen molar-refractivity contribution >= 4 is 35.0 Å². The van der Waals surface area contributed by atoms with Crippen LogP contribution in [-0.2, 0) is 0 Å². The number of guanidine groups is 1. The third-order valence-corrected chi connectivity index (χ3v) is 7.50. The number of para-hydroxylation sites is 1. The summed E-state index contributed by atoms with van der Waals surface area (Å²) in [5.41, 5.74) is 3.46. The number of benzene rings is 2. The number of amidine groups is 1. The molecule has 190 valence electrons. The minimum Gasteiger partial charge on any atom is -0.336 e. The van der Waals surface area contributed by atoms with Gasteiger partial charge in [0.1, 0.15) is 5.70 Å². The molecule has 0 unspecified atom stereocenters. The van der Waals surface area contributed by atoms with Gasteiger partial charge in [-0.3, -0.25) is 14.5 Å². The number of aliphatic imine (C=N–C) groups is 2. The molecular weight excluding hydrogens is 466 g/mol. The maximum absolute atomic E-state index is 13.2. The summed E-state index contributed by atoms with van der Waals surface area (Å²) in [7, 11) is 1.78. The lowest BCUT2D eigenvalue weighted by Crippen LogP contribution is -2.51. The first-order valence-corrected chi connectivity index (χ1v) is 13.0. The van der Waals surface area contributed by atoms with Crippen LogP contribution in [-0.4, -0.2) is 77.6 Å². The third kappa shape index (κ3) is 4.40. The SMILES string of the molecule is CN1C(=O)c2ccccc2N=C2C1=CN=C(Nc1ccc(C(=O)N3CCNCC3)cc1)N2C1CCCC1. The number of piperazine rings is 1. The monoisotopic (exact) mass is 497 g/mol. The molecule has 2 amide bonds. The summed E-state index contributed by atoms with van der Waals surface area (Å²) in [6.07, 6.45) is 6.08. The molecule has 9 heteroatoms. The standard InChI is InChI=1S/C28H31N7O2/c1-33-24-18-30-28(31-20-12-10-19(11-13-20)26(36)34-16-14-29-15-17-34)35(21-6-2-3-7-21)25(24)32-23-9-5-4-8-22(23)27(33)37/h4-5,8-13,18,21,29H,2-3,6-7,14-17H2,1H3,(H,30,31). The molecule has 1 aliphatic carbocycles. The van der Waals surface area contributed by atoms with Crippen molar-refractivity contribution in [1.29, 1.82) is 0 Å². The Labute approximate surface area is 216 Å². The van der Waals surface area contributed by atoms with Gasteiger partial charge in [-0.1, -0.05) is 25.0 Å². The highest BCUT2D eigenvalue weighted by molar-refractivity contribution is 6.18. The number of nitrogens with one attached hydrogen (secondary N) is 2. The van der Waals surface area contributed by atoms with E-state index in [9.17, 15) is 9.59 Å². The highest BCUT2D eigenvalue weighted by Gasteiger charge is 2.37. The van der Waals surface area contributed by atoms with Crippen LogP contribution in [0.1, 0.15) is 46.4 Å². The second-order valence-electron chi connectivity index (χ2n) is 9.84. The average Bonchev–Trinajstić information content (AvgIpc) is 3.45. The number of nitrogens with zero attached hydrogens (tertiary/aromatic N) is 5. The number of anilines is 1. The molecule has 0 bridgehead atoms. The minimum absolute atomic E-state index is 0.0578. The lowest BCUT2D eigenvalue weighted by Gasteiger charge is -2.37. The molecule has 3 heterocycles. The lowest BCUT2D eigenvalue weighted by atomic mass is 10.1. The van der Waals surface area contributed by atoms with Gasteiger partial charge in [-0.15, -0.1) is 0 Å². The first-order valence-electron chi connectivity index (χ1n) is 13.0. The van der Waals surface area contributed by atoms with Crippen molar-refractivity contribution in [2.24, 2.45) is 9.98 Å². The molecule has 37 heavy (non-hydrogen) atoms. The zero-order valence-electron chi connectivity index (χ0n) is 21.0. The van der Waals surface area contributed by atoms with Gasteiger partial charge in [0.15, 0.2) is 5.84 Å². The Balaban J connectivity index is 1.31. The molecular formula is C28H31N7O2. The van der Waals surface area contributed by atoms with Crippen LogP contribution >= 0.6 is 0 Å². The number of likely N-dealkylation sites (N-methyl/N-ethyl adjacent to an activating group) is 1. The van der Waals surface area contributed by atoms with Gasteiger partial charge in [0, 0.05) is 50.5 Å². The van der Waals surface area contributed by atoms with Gasteiger partial charge >= 0.3 is 0 Å². The molecule has 4 aliphatic rings. The number of hydrogen-bond acceptors (Lipinski definition) is 7. The van der Waals surface area contributed by atoms with Gasteiger partial charge in [0.25, 0.3) is 11.8 Å². The highest BCUT2D eigenvalue weighted by atomic mass is 16.2. The quantitative estimate of drug-likeness (QED) is 0.678. The summed E-state index contributed by atoms with van der Waals surface area (Å²) in [4.78, 5) is 41.5. The predicted octanol–water partition coefficient (Wildman–Crippen LogP) is 3.42. The molecule has 2 N–H and O–H groups in total. The van der Waals surface area contributed by atoms with Crippen LogP contribution in [0, 0.1) is 0 Å². The van der Waals surface area contributed by atoms with E-state index >= 15 is 0 Å². The van der Waals surface area contributed by atoms with Crippen LogP contribution in [0.5, 0.6) is 0 Å². The van der Waals surface area contributed by atoms with E-state index in [4.69, 9.17) is 9.98 Å². The molecule has 6 rings (SSSR count). The predicted molar refractivity (Wildman–Crippen MR) is 144 cm³/mol. The van der Waals surface area contributed by atoms with Gasteiger partial charge in [-0.25, -0.2) is 9.98 Å². The van der Waals surface area contributed by atoms with E-state index in [1.165, 1.54) is 0 Å². The number of carbonyl (C=O) groups excluding carboxylic acids is 2. The van der Waals surface area contributed by atoms with Crippen LogP contribution in [0.2, 0.25) is 0 Å². The van der Waals surface area contributed by atoms with Crippen LogP contribution in [0.4, 0.5) is 11.4 Å². The molecule has 1 saturated heterocycles. The molecule has 1 saturated carbocycles. The molecule has 2 aromatic rings. The van der Waals surface area contributed by atoms with Gasteiger partial charge < -0.3 is 20.4 Å². The van der Waals surface area contributed by atoms with Crippen LogP contribution in [0.3, 0.4) is 0 Å². The number of rotatable bonds is 3. The fourth-order valence-corrected chi connectivity index (χ4v) is 5.45. The first-order chi connectivity index (χ1) is 18.1. The summed E-state index contributed by atoms with van der Waals surface area (Å²) in [5, 5.41) is 6.75. The Morgan fingerprint density at radius 3 is 2.51 bits per heavy atom. The topological polar surface area (TPSA) is 92.6 Å². The molecule has 9 nitrogen and oxygen atoms in total. The maximum atomic E-state index is 13.2. The van der Waals surface area contributed by atoms with E-state index in [-0.39, 0.29) is 17.9 Å². The van der Waals surface area contributed by atoms with E-state index < -0.39 is 0 Å². The fraction of sp³-hybridized carbons (Fsp3) is 0.357. The van der Waals surface area contributed by atoms with Crippen molar-refractivity contribution in [2.45, 2.75) is 31.7 Å². The highest BCUT2D eigenvalue weighted by Crippen LogP contribution is 2.33. The fourth-order valence-electron chi connectivity index (χ4n) is 5.45. The summed E-state index contributed by atoms with van der Waals surface area (Å²) in [6, 6.07) is 15.3. The van der Waals surface area contributed by atoms with Crippen molar-refractivity contribution in [3.8, 4) is 0 Å². The molecule has 0 spiro atoms. The molecule has 3 aliphatic heterocycles. The minimum atomic E-state index is -0.0941. The molecule has 2 aromatic carbocycles. The van der Waals surface area contributed by atoms with Gasteiger partial charge in [-0.05, 0) is 49.2 Å². The van der Waals surface area contributed by atoms with Crippen LogP contribution in [0.15, 0.2) is 70.4 Å². The van der Waals surface area contributed by atoms with Gasteiger partial charge in [0.05, 0.1) is 17.5 Å².